The van der Waals surface area contributed by atoms with E-state index in [9.17, 15) is 4.79 Å². The molecule has 0 unspecified atom stereocenters. The molecule has 0 bridgehead atoms. The molecule has 0 atom stereocenters. The molecule has 1 heterocycles. The minimum Gasteiger partial charge on any atom is -0.359 e. The van der Waals surface area contributed by atoms with E-state index in [1.54, 1.807) is 6.07 Å². The molecule has 0 aliphatic rings. The molecule has 0 radical (unpaired) electrons. The number of hydrogen-bond acceptors (Lipinski definition) is 4. The molecule has 2 amide bonds. The Kier molecular flexibility index (Phi) is 3.68. The number of carbonyl (C=O) groups excluding carboxylic acids is 1. The molecule has 0 fully saturated rings. The summed E-state index contributed by atoms with van der Waals surface area (Å²) < 4.78 is 5.02. The Bertz CT molecular complexity index is 335. The van der Waals surface area contributed by atoms with Gasteiger partial charge in [0.25, 0.3) is 0 Å². The van der Waals surface area contributed by atoms with Crippen molar-refractivity contribution in [1.29, 1.82) is 0 Å². The molecule has 84 valence electrons. The maximum atomic E-state index is 11.3. The van der Waals surface area contributed by atoms with E-state index in [1.165, 1.54) is 14.2 Å². The van der Waals surface area contributed by atoms with Gasteiger partial charge < -0.3 is 4.52 Å². The number of carbonyl (C=O) groups is 1. The van der Waals surface area contributed by atoms with Crippen LogP contribution >= 0.6 is 0 Å². The van der Waals surface area contributed by atoms with Gasteiger partial charge in [0.1, 0.15) is 5.76 Å². The lowest BCUT2D eigenvalue weighted by Crippen LogP contribution is -2.30. The number of urea groups is 1. The first-order chi connectivity index (χ1) is 7.04. The largest absolute Gasteiger partial charge is 0.359 e. The van der Waals surface area contributed by atoms with Gasteiger partial charge >= 0.3 is 6.03 Å². The van der Waals surface area contributed by atoms with Crippen molar-refractivity contribution in [3.05, 3.63) is 11.8 Å². The van der Waals surface area contributed by atoms with Crippen LogP contribution in [0, 0.1) is 0 Å². The second kappa shape index (κ2) is 4.79. The summed E-state index contributed by atoms with van der Waals surface area (Å²) in [5.74, 6) is 1.35. The van der Waals surface area contributed by atoms with Crippen LogP contribution in [0.2, 0.25) is 0 Å². The Morgan fingerprint density at radius 1 is 1.67 bits per heavy atom. The number of nitrogens with one attached hydrogen (secondary N) is 1. The molecule has 1 aromatic heterocycles. The van der Waals surface area contributed by atoms with Crippen LogP contribution < -0.4 is 5.32 Å². The molecule has 0 aliphatic heterocycles. The van der Waals surface area contributed by atoms with E-state index >= 15 is 0 Å². The van der Waals surface area contributed by atoms with Gasteiger partial charge in [-0.2, -0.15) is 0 Å². The number of amides is 2. The molecular weight excluding hydrogens is 198 g/mol. The molecule has 1 aromatic rings. The highest BCUT2D eigenvalue weighted by molar-refractivity contribution is 5.87. The highest BCUT2D eigenvalue weighted by Crippen LogP contribution is 2.17. The standard InChI is InChI=1S/C9H15N3O3/c1-6(2)7-5-8(11-15-7)10-9(13)12(3)14-4/h5-6H,1-4H3,(H,10,11,13). The summed E-state index contributed by atoms with van der Waals surface area (Å²) in [7, 11) is 2.90. The van der Waals surface area contributed by atoms with Crippen molar-refractivity contribution >= 4 is 11.8 Å². The number of anilines is 1. The number of rotatable bonds is 3. The van der Waals surface area contributed by atoms with Crippen molar-refractivity contribution in [3.63, 3.8) is 0 Å². The summed E-state index contributed by atoms with van der Waals surface area (Å²) in [5.41, 5.74) is 0. The number of hydrogen-bond donors (Lipinski definition) is 1. The Labute approximate surface area is 88.1 Å². The first kappa shape index (κ1) is 11.5. The highest BCUT2D eigenvalue weighted by atomic mass is 16.7. The molecule has 6 heteroatoms. The van der Waals surface area contributed by atoms with Crippen LogP contribution in [0.25, 0.3) is 0 Å². The number of nitrogens with zero attached hydrogens (tertiary/aromatic N) is 2. The number of aromatic nitrogens is 1. The van der Waals surface area contributed by atoms with E-state index in [4.69, 9.17) is 9.36 Å². The normalized spacial score (nSPS) is 10.5. The Hall–Kier alpha value is -1.56. The minimum atomic E-state index is -0.402. The zero-order chi connectivity index (χ0) is 11.4. The molecule has 0 aromatic carbocycles. The second-order valence-electron chi connectivity index (χ2n) is 3.38. The van der Waals surface area contributed by atoms with Crippen LogP contribution in [0.4, 0.5) is 10.6 Å². The van der Waals surface area contributed by atoms with Crippen LogP contribution in [-0.4, -0.2) is 30.4 Å². The molecule has 1 rings (SSSR count). The summed E-state index contributed by atoms with van der Waals surface area (Å²) in [6.45, 7) is 3.96. The summed E-state index contributed by atoms with van der Waals surface area (Å²) in [5, 5.41) is 7.29. The zero-order valence-corrected chi connectivity index (χ0v) is 9.27. The van der Waals surface area contributed by atoms with Crippen LogP contribution in [0.15, 0.2) is 10.6 Å². The van der Waals surface area contributed by atoms with E-state index in [1.807, 2.05) is 13.8 Å². The van der Waals surface area contributed by atoms with Gasteiger partial charge in [-0.15, -0.1) is 0 Å². The lowest BCUT2D eigenvalue weighted by Gasteiger charge is -2.12. The van der Waals surface area contributed by atoms with Gasteiger partial charge in [0.2, 0.25) is 0 Å². The molecule has 6 nitrogen and oxygen atoms in total. The van der Waals surface area contributed by atoms with Gasteiger partial charge in [0.15, 0.2) is 5.82 Å². The molecular formula is C9H15N3O3. The van der Waals surface area contributed by atoms with Crippen LogP contribution in [0.1, 0.15) is 25.5 Å². The fourth-order valence-corrected chi connectivity index (χ4v) is 0.892. The Morgan fingerprint density at radius 3 is 2.80 bits per heavy atom. The first-order valence-electron chi connectivity index (χ1n) is 4.60. The summed E-state index contributed by atoms with van der Waals surface area (Å²) >= 11 is 0. The minimum absolute atomic E-state index is 0.239. The predicted octanol–water partition coefficient (Wildman–Crippen LogP) is 1.82. The zero-order valence-electron chi connectivity index (χ0n) is 9.27. The van der Waals surface area contributed by atoms with Gasteiger partial charge in [-0.1, -0.05) is 19.0 Å². The fourth-order valence-electron chi connectivity index (χ4n) is 0.892. The third-order valence-electron chi connectivity index (χ3n) is 1.89. The fraction of sp³-hybridized carbons (Fsp3) is 0.556. The SMILES string of the molecule is CON(C)C(=O)Nc1cc(C(C)C)on1. The predicted molar refractivity (Wildman–Crippen MR) is 54.4 cm³/mol. The van der Waals surface area contributed by atoms with E-state index in [0.29, 0.717) is 5.82 Å². The van der Waals surface area contributed by atoms with Crippen molar-refractivity contribution in [2.45, 2.75) is 19.8 Å². The molecule has 1 N–H and O–H groups in total. The Balaban J connectivity index is 2.61. The van der Waals surface area contributed by atoms with Crippen molar-refractivity contribution in [1.82, 2.24) is 10.2 Å². The quantitative estimate of drug-likeness (QED) is 0.778. The van der Waals surface area contributed by atoms with Gasteiger partial charge in [0.05, 0.1) is 7.11 Å². The van der Waals surface area contributed by atoms with Crippen LogP contribution in [-0.2, 0) is 4.84 Å². The van der Waals surface area contributed by atoms with E-state index in [-0.39, 0.29) is 5.92 Å². The first-order valence-corrected chi connectivity index (χ1v) is 4.60. The smallest absolute Gasteiger partial charge is 0.346 e. The topological polar surface area (TPSA) is 67.6 Å². The molecule has 0 spiro atoms. The van der Waals surface area contributed by atoms with Gasteiger partial charge in [-0.25, -0.2) is 9.86 Å². The maximum absolute atomic E-state index is 11.3. The summed E-state index contributed by atoms with van der Waals surface area (Å²) in [4.78, 5) is 16.0. The maximum Gasteiger partial charge on any atom is 0.346 e. The highest BCUT2D eigenvalue weighted by Gasteiger charge is 2.12. The molecule has 0 aliphatic carbocycles. The van der Waals surface area contributed by atoms with E-state index < -0.39 is 6.03 Å². The van der Waals surface area contributed by atoms with Crippen molar-refractivity contribution in [2.75, 3.05) is 19.5 Å². The summed E-state index contributed by atoms with van der Waals surface area (Å²) in [6, 6.07) is 1.28. The molecule has 0 saturated heterocycles. The summed E-state index contributed by atoms with van der Waals surface area (Å²) in [6.07, 6.45) is 0. The monoisotopic (exact) mass is 213 g/mol. The van der Waals surface area contributed by atoms with Crippen molar-refractivity contribution in [2.24, 2.45) is 0 Å². The van der Waals surface area contributed by atoms with Crippen LogP contribution in [0.5, 0.6) is 0 Å². The van der Waals surface area contributed by atoms with Crippen molar-refractivity contribution < 1.29 is 14.2 Å². The van der Waals surface area contributed by atoms with E-state index in [0.717, 1.165) is 10.8 Å². The van der Waals surface area contributed by atoms with Gasteiger partial charge in [-0.3, -0.25) is 10.2 Å². The lowest BCUT2D eigenvalue weighted by atomic mass is 10.2. The molecule has 15 heavy (non-hydrogen) atoms. The third kappa shape index (κ3) is 2.95. The van der Waals surface area contributed by atoms with Gasteiger partial charge in [0, 0.05) is 19.0 Å². The molecule has 0 saturated carbocycles. The Morgan fingerprint density at radius 2 is 2.33 bits per heavy atom. The second-order valence-corrected chi connectivity index (χ2v) is 3.38. The van der Waals surface area contributed by atoms with Crippen LogP contribution in [0.3, 0.4) is 0 Å². The number of hydroxylamine groups is 2. The van der Waals surface area contributed by atoms with E-state index in [2.05, 4.69) is 10.5 Å². The van der Waals surface area contributed by atoms with Crippen molar-refractivity contribution in [3.8, 4) is 0 Å². The third-order valence-corrected chi connectivity index (χ3v) is 1.89. The average Bonchev–Trinajstić information content (AvgIpc) is 2.65. The van der Waals surface area contributed by atoms with Gasteiger partial charge in [-0.05, 0) is 0 Å². The lowest BCUT2D eigenvalue weighted by molar-refractivity contribution is -0.0598. The average molecular weight is 213 g/mol.